The maximum atomic E-state index is 10.8. The second-order valence-corrected chi connectivity index (χ2v) is 6.41. The first-order chi connectivity index (χ1) is 7.88. The van der Waals surface area contributed by atoms with Crippen LogP contribution < -0.4 is 5.32 Å². The van der Waals surface area contributed by atoms with Gasteiger partial charge in [-0.15, -0.1) is 11.3 Å². The van der Waals surface area contributed by atoms with E-state index in [1.54, 1.807) is 11.3 Å². The Morgan fingerprint density at radius 1 is 1.53 bits per heavy atom. The van der Waals surface area contributed by atoms with Crippen molar-refractivity contribution in [2.45, 2.75) is 39.7 Å². The molecule has 1 heterocycles. The highest BCUT2D eigenvalue weighted by atomic mass is 32.1. The average molecular weight is 255 g/mol. The van der Waals surface area contributed by atoms with Crippen molar-refractivity contribution in [3.05, 3.63) is 22.4 Å². The second-order valence-electron chi connectivity index (χ2n) is 5.43. The molecule has 1 aromatic heterocycles. The molecule has 17 heavy (non-hydrogen) atoms. The molecule has 1 rings (SSSR count). The number of rotatable bonds is 6. The Labute approximate surface area is 107 Å². The van der Waals surface area contributed by atoms with E-state index in [0.29, 0.717) is 0 Å². The summed E-state index contributed by atoms with van der Waals surface area (Å²) in [6.45, 7) is 7.41. The molecule has 0 saturated carbocycles. The highest BCUT2D eigenvalue weighted by molar-refractivity contribution is 7.10. The molecule has 0 fully saturated rings. The minimum absolute atomic E-state index is 0.0603. The molecule has 0 radical (unpaired) electrons. The quantitative estimate of drug-likeness (QED) is 0.820. The van der Waals surface area contributed by atoms with E-state index in [-0.39, 0.29) is 17.9 Å². The van der Waals surface area contributed by atoms with E-state index in [1.807, 2.05) is 17.5 Å². The number of nitrogens with one attached hydrogen (secondary N) is 1. The Balaban J connectivity index is 2.51. The molecule has 0 aromatic carbocycles. The Morgan fingerprint density at radius 2 is 2.24 bits per heavy atom. The average Bonchev–Trinajstić information content (AvgIpc) is 2.66. The zero-order valence-corrected chi connectivity index (χ0v) is 11.5. The van der Waals surface area contributed by atoms with Crippen molar-refractivity contribution >= 4 is 17.3 Å². The van der Waals surface area contributed by atoms with Crippen molar-refractivity contribution in [3.63, 3.8) is 0 Å². The molecule has 2 N–H and O–H groups in total. The summed E-state index contributed by atoms with van der Waals surface area (Å²) >= 11 is 1.61. The lowest BCUT2D eigenvalue weighted by Crippen LogP contribution is -2.26. The molecule has 1 atom stereocenters. The summed E-state index contributed by atoms with van der Waals surface area (Å²) < 4.78 is 0. The normalized spacial score (nSPS) is 13.6. The number of carbonyl (C=O) groups is 1. The van der Waals surface area contributed by atoms with Gasteiger partial charge in [0.05, 0.1) is 12.5 Å². The molecular formula is C13H21NO2S. The molecule has 0 amide bonds. The van der Waals surface area contributed by atoms with Crippen molar-refractivity contribution in [2.24, 2.45) is 5.41 Å². The van der Waals surface area contributed by atoms with Gasteiger partial charge in [0.1, 0.15) is 0 Å². The number of carboxylic acids is 1. The van der Waals surface area contributed by atoms with Gasteiger partial charge in [0, 0.05) is 4.88 Å². The number of carboxylic acid groups (broad SMARTS) is 1. The highest BCUT2D eigenvalue weighted by Crippen LogP contribution is 2.23. The Kier molecular flexibility index (Phi) is 5.15. The lowest BCUT2D eigenvalue weighted by Gasteiger charge is -2.21. The summed E-state index contributed by atoms with van der Waals surface area (Å²) in [6.07, 6.45) is 1.18. The van der Waals surface area contributed by atoms with Crippen molar-refractivity contribution in [1.82, 2.24) is 5.32 Å². The monoisotopic (exact) mass is 255 g/mol. The first-order valence-electron chi connectivity index (χ1n) is 5.87. The van der Waals surface area contributed by atoms with Crippen LogP contribution in [0.25, 0.3) is 0 Å². The van der Waals surface area contributed by atoms with Gasteiger partial charge in [-0.2, -0.15) is 0 Å². The number of hydrogen-bond donors (Lipinski definition) is 2. The third-order valence-electron chi connectivity index (χ3n) is 2.53. The molecule has 0 aliphatic heterocycles. The summed E-state index contributed by atoms with van der Waals surface area (Å²) in [7, 11) is 0. The van der Waals surface area contributed by atoms with Crippen LogP contribution in [0.2, 0.25) is 0 Å². The van der Waals surface area contributed by atoms with E-state index in [4.69, 9.17) is 5.11 Å². The van der Waals surface area contributed by atoms with Gasteiger partial charge in [-0.3, -0.25) is 4.79 Å². The zero-order chi connectivity index (χ0) is 12.9. The van der Waals surface area contributed by atoms with E-state index in [0.717, 1.165) is 17.8 Å². The predicted octanol–water partition coefficient (Wildman–Crippen LogP) is 3.29. The van der Waals surface area contributed by atoms with Gasteiger partial charge in [-0.25, -0.2) is 0 Å². The van der Waals surface area contributed by atoms with Gasteiger partial charge < -0.3 is 10.4 Å². The van der Waals surface area contributed by atoms with Crippen LogP contribution >= 0.6 is 11.3 Å². The number of aliphatic carboxylic acids is 1. The van der Waals surface area contributed by atoms with E-state index < -0.39 is 5.97 Å². The molecule has 3 nitrogen and oxygen atoms in total. The maximum Gasteiger partial charge on any atom is 0.305 e. The molecule has 0 aliphatic rings. The van der Waals surface area contributed by atoms with E-state index in [1.165, 1.54) is 0 Å². The largest absolute Gasteiger partial charge is 0.481 e. The molecule has 0 saturated heterocycles. The van der Waals surface area contributed by atoms with Gasteiger partial charge in [0.25, 0.3) is 0 Å². The standard InChI is InChI=1S/C13H21NO2S/c1-13(2,3)6-7-14-10(9-12(15)16)11-5-4-8-17-11/h4-5,8,10,14H,6-7,9H2,1-3H3,(H,15,16). The van der Waals surface area contributed by atoms with Crippen LogP contribution in [0, 0.1) is 5.41 Å². The SMILES string of the molecule is CC(C)(C)CCNC(CC(=O)O)c1cccs1. The lowest BCUT2D eigenvalue weighted by atomic mass is 9.92. The van der Waals surface area contributed by atoms with Crippen molar-refractivity contribution in [1.29, 1.82) is 0 Å². The first kappa shape index (κ1) is 14.2. The molecular weight excluding hydrogens is 234 g/mol. The fraction of sp³-hybridized carbons (Fsp3) is 0.615. The summed E-state index contributed by atoms with van der Waals surface area (Å²) in [5, 5.41) is 14.2. The minimum atomic E-state index is -0.758. The minimum Gasteiger partial charge on any atom is -0.481 e. The fourth-order valence-electron chi connectivity index (χ4n) is 1.56. The zero-order valence-electron chi connectivity index (χ0n) is 10.7. The molecule has 0 bridgehead atoms. The van der Waals surface area contributed by atoms with Crippen LogP contribution in [0.3, 0.4) is 0 Å². The van der Waals surface area contributed by atoms with Crippen LogP contribution in [0.1, 0.15) is 44.5 Å². The third kappa shape index (κ3) is 5.84. The summed E-state index contributed by atoms with van der Waals surface area (Å²) in [6, 6.07) is 3.89. The summed E-state index contributed by atoms with van der Waals surface area (Å²) in [5.74, 6) is -0.758. The molecule has 4 heteroatoms. The fourth-order valence-corrected chi connectivity index (χ4v) is 2.36. The van der Waals surface area contributed by atoms with Crippen LogP contribution in [-0.2, 0) is 4.79 Å². The van der Waals surface area contributed by atoms with Gasteiger partial charge >= 0.3 is 5.97 Å². The van der Waals surface area contributed by atoms with Crippen LogP contribution in [0.15, 0.2) is 17.5 Å². The third-order valence-corrected chi connectivity index (χ3v) is 3.52. The van der Waals surface area contributed by atoms with Crippen LogP contribution in [-0.4, -0.2) is 17.6 Å². The first-order valence-corrected chi connectivity index (χ1v) is 6.75. The van der Waals surface area contributed by atoms with Crippen LogP contribution in [0.4, 0.5) is 0 Å². The topological polar surface area (TPSA) is 49.3 Å². The smallest absolute Gasteiger partial charge is 0.305 e. The number of thiophene rings is 1. The van der Waals surface area contributed by atoms with Crippen LogP contribution in [0.5, 0.6) is 0 Å². The molecule has 1 unspecified atom stereocenters. The van der Waals surface area contributed by atoms with Crippen molar-refractivity contribution in [2.75, 3.05) is 6.54 Å². The van der Waals surface area contributed by atoms with Crippen molar-refractivity contribution in [3.8, 4) is 0 Å². The second kappa shape index (κ2) is 6.17. The molecule has 96 valence electrons. The van der Waals surface area contributed by atoms with Gasteiger partial charge in [0.15, 0.2) is 0 Å². The lowest BCUT2D eigenvalue weighted by molar-refractivity contribution is -0.137. The maximum absolute atomic E-state index is 10.8. The summed E-state index contributed by atoms with van der Waals surface area (Å²) in [4.78, 5) is 11.9. The van der Waals surface area contributed by atoms with Crippen molar-refractivity contribution < 1.29 is 9.90 Å². The van der Waals surface area contributed by atoms with E-state index in [9.17, 15) is 4.79 Å². The van der Waals surface area contributed by atoms with Gasteiger partial charge in [-0.1, -0.05) is 26.8 Å². The van der Waals surface area contributed by atoms with Gasteiger partial charge in [-0.05, 0) is 29.8 Å². The predicted molar refractivity (Wildman–Crippen MR) is 71.4 cm³/mol. The van der Waals surface area contributed by atoms with E-state index in [2.05, 4.69) is 26.1 Å². The Morgan fingerprint density at radius 3 is 2.71 bits per heavy atom. The summed E-state index contributed by atoms with van der Waals surface area (Å²) in [5.41, 5.74) is 0.274. The molecule has 1 aromatic rings. The van der Waals surface area contributed by atoms with E-state index >= 15 is 0 Å². The Hall–Kier alpha value is -0.870. The van der Waals surface area contributed by atoms with Gasteiger partial charge in [0.2, 0.25) is 0 Å². The number of hydrogen-bond acceptors (Lipinski definition) is 3. The Bertz CT molecular complexity index is 341. The molecule has 0 spiro atoms. The highest BCUT2D eigenvalue weighted by Gasteiger charge is 2.17. The molecule has 0 aliphatic carbocycles.